The van der Waals surface area contributed by atoms with Gasteiger partial charge in [0.05, 0.1) is 5.41 Å². The summed E-state index contributed by atoms with van der Waals surface area (Å²) in [5.74, 6) is 0.622. The molecule has 1 fully saturated rings. The standard InChI is InChI=1S/C14H27NO2/c1-4-11-7-6-8-12(9-11)17-13(16)14(3,5-2)10-15/h11-12H,4-10,15H2,1-3H3. The van der Waals surface area contributed by atoms with E-state index in [-0.39, 0.29) is 12.1 Å². The Kier molecular flexibility index (Phi) is 5.44. The number of carbonyl (C=O) groups excluding carboxylic acids is 1. The summed E-state index contributed by atoms with van der Waals surface area (Å²) in [6.45, 7) is 6.47. The van der Waals surface area contributed by atoms with Crippen molar-refractivity contribution in [1.82, 2.24) is 0 Å². The summed E-state index contributed by atoms with van der Waals surface area (Å²) < 4.78 is 5.65. The monoisotopic (exact) mass is 241 g/mol. The molecule has 1 aliphatic carbocycles. The fourth-order valence-electron chi connectivity index (χ4n) is 2.39. The van der Waals surface area contributed by atoms with Crippen molar-refractivity contribution in [2.45, 2.75) is 65.4 Å². The number of esters is 1. The quantitative estimate of drug-likeness (QED) is 0.753. The molecule has 0 aliphatic heterocycles. The molecule has 3 nitrogen and oxygen atoms in total. The fraction of sp³-hybridized carbons (Fsp3) is 0.929. The predicted octanol–water partition coefficient (Wildman–Crippen LogP) is 2.87. The number of carbonyl (C=O) groups is 1. The molecule has 1 saturated carbocycles. The summed E-state index contributed by atoms with van der Waals surface area (Å²) in [5.41, 5.74) is 5.18. The lowest BCUT2D eigenvalue weighted by atomic mass is 9.84. The molecule has 0 saturated heterocycles. The van der Waals surface area contributed by atoms with E-state index < -0.39 is 5.41 Å². The Labute approximate surface area is 105 Å². The van der Waals surface area contributed by atoms with Crippen LogP contribution in [0.1, 0.15) is 59.3 Å². The average molecular weight is 241 g/mol. The van der Waals surface area contributed by atoms with Gasteiger partial charge in [0.15, 0.2) is 0 Å². The van der Waals surface area contributed by atoms with Crippen LogP contribution in [0.5, 0.6) is 0 Å². The third-order valence-electron chi connectivity index (χ3n) is 4.31. The molecule has 3 unspecified atom stereocenters. The summed E-state index contributed by atoms with van der Waals surface area (Å²) in [5, 5.41) is 0. The molecule has 3 atom stereocenters. The molecular weight excluding hydrogens is 214 g/mol. The predicted molar refractivity (Wildman–Crippen MR) is 69.6 cm³/mol. The number of hydrogen-bond donors (Lipinski definition) is 1. The van der Waals surface area contributed by atoms with E-state index in [2.05, 4.69) is 6.92 Å². The highest BCUT2D eigenvalue weighted by Gasteiger charge is 2.34. The van der Waals surface area contributed by atoms with E-state index in [4.69, 9.17) is 10.5 Å². The van der Waals surface area contributed by atoms with Crippen molar-refractivity contribution >= 4 is 5.97 Å². The molecule has 0 aromatic rings. The average Bonchev–Trinajstić information content (AvgIpc) is 2.37. The van der Waals surface area contributed by atoms with Gasteiger partial charge >= 0.3 is 5.97 Å². The first kappa shape index (κ1) is 14.5. The van der Waals surface area contributed by atoms with Crippen LogP contribution in [0.15, 0.2) is 0 Å². The van der Waals surface area contributed by atoms with Crippen LogP contribution in [0, 0.1) is 11.3 Å². The molecule has 0 aromatic heterocycles. The van der Waals surface area contributed by atoms with Gasteiger partial charge in [-0.2, -0.15) is 0 Å². The highest BCUT2D eigenvalue weighted by molar-refractivity contribution is 5.76. The van der Waals surface area contributed by atoms with Gasteiger partial charge in [-0.15, -0.1) is 0 Å². The van der Waals surface area contributed by atoms with Gasteiger partial charge < -0.3 is 10.5 Å². The number of rotatable bonds is 5. The largest absolute Gasteiger partial charge is 0.462 e. The van der Waals surface area contributed by atoms with Gasteiger partial charge in [-0.05, 0) is 38.5 Å². The maximum atomic E-state index is 12.1. The van der Waals surface area contributed by atoms with Crippen molar-refractivity contribution in [1.29, 1.82) is 0 Å². The molecule has 0 bridgehead atoms. The topological polar surface area (TPSA) is 52.3 Å². The molecule has 1 aliphatic rings. The van der Waals surface area contributed by atoms with Crippen LogP contribution in [0.25, 0.3) is 0 Å². The Hall–Kier alpha value is -0.570. The first-order valence-electron chi connectivity index (χ1n) is 6.96. The summed E-state index contributed by atoms with van der Waals surface area (Å²) >= 11 is 0. The number of nitrogens with two attached hydrogens (primary N) is 1. The molecule has 0 spiro atoms. The minimum absolute atomic E-state index is 0.107. The van der Waals surface area contributed by atoms with Gasteiger partial charge in [-0.1, -0.05) is 26.7 Å². The maximum Gasteiger partial charge on any atom is 0.313 e. The molecule has 0 aromatic carbocycles. The normalized spacial score (nSPS) is 28.5. The lowest BCUT2D eigenvalue weighted by molar-refractivity contribution is -0.162. The van der Waals surface area contributed by atoms with E-state index >= 15 is 0 Å². The maximum absolute atomic E-state index is 12.1. The van der Waals surface area contributed by atoms with Crippen molar-refractivity contribution in [3.8, 4) is 0 Å². The van der Waals surface area contributed by atoms with Crippen LogP contribution in [0.3, 0.4) is 0 Å². The molecule has 1 rings (SSSR count). The smallest absolute Gasteiger partial charge is 0.313 e. The van der Waals surface area contributed by atoms with E-state index in [1.165, 1.54) is 19.3 Å². The highest BCUT2D eigenvalue weighted by atomic mass is 16.5. The van der Waals surface area contributed by atoms with Gasteiger partial charge in [0.25, 0.3) is 0 Å². The molecule has 100 valence electrons. The zero-order valence-corrected chi connectivity index (χ0v) is 11.5. The summed E-state index contributed by atoms with van der Waals surface area (Å²) in [7, 11) is 0. The van der Waals surface area contributed by atoms with Crippen LogP contribution < -0.4 is 5.73 Å². The molecule has 0 amide bonds. The van der Waals surface area contributed by atoms with Crippen molar-refractivity contribution < 1.29 is 9.53 Å². The third-order valence-corrected chi connectivity index (χ3v) is 4.31. The van der Waals surface area contributed by atoms with Crippen molar-refractivity contribution in [3.63, 3.8) is 0 Å². The SMILES string of the molecule is CCC1CCCC(OC(=O)C(C)(CC)CN)C1. The highest BCUT2D eigenvalue weighted by Crippen LogP contribution is 2.30. The van der Waals surface area contributed by atoms with E-state index in [9.17, 15) is 4.79 Å². The number of ether oxygens (including phenoxy) is 1. The molecule has 3 heteroatoms. The second-order valence-corrected chi connectivity index (χ2v) is 5.59. The van der Waals surface area contributed by atoms with Crippen LogP contribution in [-0.4, -0.2) is 18.6 Å². The van der Waals surface area contributed by atoms with Crippen molar-refractivity contribution in [3.05, 3.63) is 0 Å². The minimum atomic E-state index is -0.501. The summed E-state index contributed by atoms with van der Waals surface area (Å²) in [6.07, 6.45) is 6.58. The molecule has 2 N–H and O–H groups in total. The zero-order valence-electron chi connectivity index (χ0n) is 11.5. The van der Waals surface area contributed by atoms with Crippen LogP contribution in [0.4, 0.5) is 0 Å². The van der Waals surface area contributed by atoms with Gasteiger partial charge in [-0.25, -0.2) is 0 Å². The third kappa shape index (κ3) is 3.70. The van der Waals surface area contributed by atoms with Crippen molar-refractivity contribution in [2.75, 3.05) is 6.54 Å². The Morgan fingerprint density at radius 2 is 2.12 bits per heavy atom. The minimum Gasteiger partial charge on any atom is -0.462 e. The van der Waals surface area contributed by atoms with E-state index in [1.54, 1.807) is 0 Å². The lowest BCUT2D eigenvalue weighted by Gasteiger charge is -2.32. The Bertz CT molecular complexity index is 249. The summed E-state index contributed by atoms with van der Waals surface area (Å²) in [6, 6.07) is 0. The van der Waals surface area contributed by atoms with E-state index in [1.807, 2.05) is 13.8 Å². The van der Waals surface area contributed by atoms with Gasteiger partial charge in [0.2, 0.25) is 0 Å². The molecule has 17 heavy (non-hydrogen) atoms. The van der Waals surface area contributed by atoms with Gasteiger partial charge in [0, 0.05) is 6.54 Å². The molecule has 0 radical (unpaired) electrons. The van der Waals surface area contributed by atoms with Crippen LogP contribution in [-0.2, 0) is 9.53 Å². The second-order valence-electron chi connectivity index (χ2n) is 5.59. The Balaban J connectivity index is 2.50. The second kappa shape index (κ2) is 6.39. The van der Waals surface area contributed by atoms with Gasteiger partial charge in [0.1, 0.15) is 6.10 Å². The molecular formula is C14H27NO2. The molecule has 0 heterocycles. The van der Waals surface area contributed by atoms with Crippen LogP contribution in [0.2, 0.25) is 0 Å². The van der Waals surface area contributed by atoms with E-state index in [0.717, 1.165) is 25.2 Å². The zero-order chi connectivity index (χ0) is 12.9. The number of hydrogen-bond acceptors (Lipinski definition) is 3. The lowest BCUT2D eigenvalue weighted by Crippen LogP contribution is -2.39. The fourth-order valence-corrected chi connectivity index (χ4v) is 2.39. The van der Waals surface area contributed by atoms with Gasteiger partial charge in [-0.3, -0.25) is 4.79 Å². The van der Waals surface area contributed by atoms with Crippen LogP contribution >= 0.6 is 0 Å². The van der Waals surface area contributed by atoms with Crippen molar-refractivity contribution in [2.24, 2.45) is 17.1 Å². The Morgan fingerprint density at radius 3 is 2.65 bits per heavy atom. The Morgan fingerprint density at radius 1 is 1.41 bits per heavy atom. The first-order valence-corrected chi connectivity index (χ1v) is 6.96. The summed E-state index contributed by atoms with van der Waals surface area (Å²) in [4.78, 5) is 12.1. The first-order chi connectivity index (χ1) is 8.05. The van der Waals surface area contributed by atoms with E-state index in [0.29, 0.717) is 6.54 Å².